The van der Waals surface area contributed by atoms with Crippen molar-refractivity contribution < 1.29 is 14.4 Å². The van der Waals surface area contributed by atoms with Crippen molar-refractivity contribution in [2.75, 3.05) is 19.8 Å². The number of oxime groups is 1. The van der Waals surface area contributed by atoms with E-state index >= 15 is 0 Å². The van der Waals surface area contributed by atoms with Crippen molar-refractivity contribution in [3.63, 3.8) is 0 Å². The Kier molecular flexibility index (Phi) is 6.59. The fraction of sp³-hybridized carbons (Fsp3) is 0.667. The molecule has 0 spiro atoms. The quantitative estimate of drug-likeness (QED) is 0.319. The van der Waals surface area contributed by atoms with Gasteiger partial charge in [0, 0.05) is 26.0 Å². The van der Waals surface area contributed by atoms with Crippen LogP contribution in [0.3, 0.4) is 0 Å². The molecule has 1 heterocycles. The summed E-state index contributed by atoms with van der Waals surface area (Å²) in [6.45, 7) is 1.79. The number of carbonyl (C=O) groups is 2. The van der Waals surface area contributed by atoms with E-state index in [2.05, 4.69) is 5.16 Å². The van der Waals surface area contributed by atoms with Crippen LogP contribution < -0.4 is 0 Å². The smallest absolute Gasteiger partial charge is 0.336 e. The van der Waals surface area contributed by atoms with Crippen LogP contribution in [0.5, 0.6) is 0 Å². The first-order valence-electron chi connectivity index (χ1n) is 5.28. The van der Waals surface area contributed by atoms with Crippen LogP contribution in [-0.4, -0.2) is 55.3 Å². The van der Waals surface area contributed by atoms with Gasteiger partial charge >= 0.3 is 6.09 Å². The number of nitrogens with zero attached hydrogens (tertiary/aromatic N) is 3. The summed E-state index contributed by atoms with van der Waals surface area (Å²) in [5.41, 5.74) is 0. The van der Waals surface area contributed by atoms with Gasteiger partial charge < -0.3 is 4.90 Å². The lowest BCUT2D eigenvalue weighted by Crippen LogP contribution is -2.44. The minimum atomic E-state index is -1.67. The zero-order valence-corrected chi connectivity index (χ0v) is 14.7. The molecule has 0 saturated carbocycles. The van der Waals surface area contributed by atoms with Crippen molar-refractivity contribution in [1.82, 2.24) is 9.21 Å². The molecule has 1 saturated heterocycles. The Bertz CT molecular complexity index is 430. The maximum atomic E-state index is 11.6. The van der Waals surface area contributed by atoms with E-state index in [0.717, 1.165) is 4.31 Å². The molecule has 0 radical (unpaired) electrons. The third kappa shape index (κ3) is 5.40. The average molecular weight is 381 g/mol. The van der Waals surface area contributed by atoms with Crippen LogP contribution in [0.15, 0.2) is 5.16 Å². The zero-order valence-electron chi connectivity index (χ0n) is 10.8. The number of rotatable bonds is 2. The molecule has 0 aromatic carbocycles. The highest BCUT2D eigenvalue weighted by molar-refractivity contribution is 8.14. The molecular formula is C9H12Cl3N3O3S2. The van der Waals surface area contributed by atoms with E-state index in [9.17, 15) is 9.59 Å². The molecule has 20 heavy (non-hydrogen) atoms. The average Bonchev–Trinajstić information content (AvgIpc) is 2.32. The van der Waals surface area contributed by atoms with E-state index in [0.29, 0.717) is 17.0 Å². The SMILES string of the molecule is CC1/C(=N/OC(=O)N(C)SC(Cl)(Cl)Cl)SCC(=O)N1C. The molecule has 1 aliphatic rings. The highest BCUT2D eigenvalue weighted by atomic mass is 35.6. The fourth-order valence-electron chi connectivity index (χ4n) is 1.18. The number of hydrogen-bond acceptors (Lipinski definition) is 6. The van der Waals surface area contributed by atoms with Gasteiger partial charge in [-0.15, -0.1) is 0 Å². The third-order valence-electron chi connectivity index (χ3n) is 2.39. The number of halogens is 3. The molecule has 0 aromatic heterocycles. The van der Waals surface area contributed by atoms with Gasteiger partial charge in [0.2, 0.25) is 5.91 Å². The summed E-state index contributed by atoms with van der Waals surface area (Å²) in [6, 6.07) is -0.250. The predicted molar refractivity (Wildman–Crippen MR) is 84.3 cm³/mol. The molecule has 1 unspecified atom stereocenters. The van der Waals surface area contributed by atoms with Crippen molar-refractivity contribution in [2.45, 2.75) is 16.1 Å². The highest BCUT2D eigenvalue weighted by Gasteiger charge is 2.30. The van der Waals surface area contributed by atoms with Gasteiger partial charge in [0.1, 0.15) is 5.04 Å². The summed E-state index contributed by atoms with van der Waals surface area (Å²) in [6.07, 6.45) is -0.777. The molecule has 0 aromatic rings. The van der Waals surface area contributed by atoms with Crippen molar-refractivity contribution in [1.29, 1.82) is 0 Å². The number of alkyl halides is 3. The first-order chi connectivity index (χ1) is 9.11. The first-order valence-corrected chi connectivity index (χ1v) is 8.18. The van der Waals surface area contributed by atoms with E-state index in [4.69, 9.17) is 39.6 Å². The van der Waals surface area contributed by atoms with Crippen molar-refractivity contribution >= 4 is 75.6 Å². The van der Waals surface area contributed by atoms with Gasteiger partial charge in [-0.25, -0.2) is 9.10 Å². The van der Waals surface area contributed by atoms with Crippen LogP contribution >= 0.6 is 58.5 Å². The standard InChI is InChI=1S/C9H12Cl3N3O3S2/c1-5-7(19-4-6(16)14(5)2)13-18-8(17)15(3)20-9(10,11)12/h5H,4H2,1-3H3/b13-7-. The molecule has 0 N–H and O–H groups in total. The Hall–Kier alpha value is -0.0200. The fourth-order valence-corrected chi connectivity index (χ4v) is 3.49. The third-order valence-corrected chi connectivity index (χ3v) is 4.74. The number of amides is 2. The minimum Gasteiger partial charge on any atom is -0.336 e. The van der Waals surface area contributed by atoms with E-state index in [-0.39, 0.29) is 17.7 Å². The van der Waals surface area contributed by atoms with E-state index in [1.165, 1.54) is 23.7 Å². The molecule has 2 amide bonds. The summed E-state index contributed by atoms with van der Waals surface area (Å²) in [5.74, 6) is 0.257. The maximum Gasteiger partial charge on any atom is 0.445 e. The number of carbonyl (C=O) groups excluding carboxylic acids is 2. The maximum absolute atomic E-state index is 11.6. The van der Waals surface area contributed by atoms with Crippen LogP contribution in [0.1, 0.15) is 6.92 Å². The zero-order chi connectivity index (χ0) is 15.5. The summed E-state index contributed by atoms with van der Waals surface area (Å²) >= 11 is 18.5. The monoisotopic (exact) mass is 379 g/mol. The lowest BCUT2D eigenvalue weighted by Gasteiger charge is -2.29. The molecule has 0 bridgehead atoms. The second-order valence-electron chi connectivity index (χ2n) is 3.79. The molecule has 1 fully saturated rings. The van der Waals surface area contributed by atoms with Gasteiger partial charge in [0.05, 0.1) is 11.8 Å². The molecule has 11 heteroatoms. The van der Waals surface area contributed by atoms with Crippen LogP contribution in [0.2, 0.25) is 0 Å². The largest absolute Gasteiger partial charge is 0.445 e. The van der Waals surface area contributed by atoms with Crippen LogP contribution in [0.25, 0.3) is 0 Å². The van der Waals surface area contributed by atoms with Gasteiger partial charge in [-0.2, -0.15) is 0 Å². The van der Waals surface area contributed by atoms with Gasteiger partial charge in [-0.3, -0.25) is 9.63 Å². The van der Waals surface area contributed by atoms with Crippen molar-refractivity contribution in [3.8, 4) is 0 Å². The Morgan fingerprint density at radius 1 is 1.60 bits per heavy atom. The van der Waals surface area contributed by atoms with Crippen LogP contribution in [0, 0.1) is 0 Å². The summed E-state index contributed by atoms with van der Waals surface area (Å²) in [5, 5.41) is 4.29. The second kappa shape index (κ2) is 7.31. The normalized spacial score (nSPS) is 22.1. The molecule has 0 aliphatic carbocycles. The molecule has 114 valence electrons. The lowest BCUT2D eigenvalue weighted by atomic mass is 10.3. The van der Waals surface area contributed by atoms with Crippen molar-refractivity contribution in [2.24, 2.45) is 5.16 Å². The second-order valence-corrected chi connectivity index (χ2v) is 9.08. The summed E-state index contributed by atoms with van der Waals surface area (Å²) < 4.78 is -0.648. The number of thioether (sulfide) groups is 1. The number of hydrogen-bond donors (Lipinski definition) is 0. The van der Waals surface area contributed by atoms with Crippen LogP contribution in [-0.2, 0) is 9.63 Å². The molecular weight excluding hydrogens is 369 g/mol. The Labute approximate surface area is 140 Å². The minimum absolute atomic E-state index is 0.00310. The first kappa shape index (κ1) is 18.0. The van der Waals surface area contributed by atoms with E-state index in [1.807, 2.05) is 0 Å². The highest BCUT2D eigenvalue weighted by Crippen LogP contribution is 2.40. The predicted octanol–water partition coefficient (Wildman–Crippen LogP) is 2.94. The Balaban J connectivity index is 2.59. The lowest BCUT2D eigenvalue weighted by molar-refractivity contribution is -0.127. The molecule has 6 nitrogen and oxygen atoms in total. The van der Waals surface area contributed by atoms with Gasteiger partial charge in [-0.1, -0.05) is 51.7 Å². The Morgan fingerprint density at radius 2 is 2.20 bits per heavy atom. The molecule has 1 rings (SSSR count). The Morgan fingerprint density at radius 3 is 2.75 bits per heavy atom. The topological polar surface area (TPSA) is 62.2 Å². The van der Waals surface area contributed by atoms with Crippen LogP contribution in [0.4, 0.5) is 4.79 Å². The molecule has 1 atom stereocenters. The van der Waals surface area contributed by atoms with Crippen molar-refractivity contribution in [3.05, 3.63) is 0 Å². The van der Waals surface area contributed by atoms with Gasteiger partial charge in [0.25, 0.3) is 3.12 Å². The van der Waals surface area contributed by atoms with E-state index in [1.54, 1.807) is 14.0 Å². The summed E-state index contributed by atoms with van der Waals surface area (Å²) in [7, 11) is 3.05. The van der Waals surface area contributed by atoms with Gasteiger partial charge in [-0.05, 0) is 6.92 Å². The van der Waals surface area contributed by atoms with E-state index < -0.39 is 9.22 Å². The van der Waals surface area contributed by atoms with Gasteiger partial charge in [0.15, 0.2) is 0 Å². The summed E-state index contributed by atoms with van der Waals surface area (Å²) in [4.78, 5) is 29.4. The molecule has 1 aliphatic heterocycles.